The summed E-state index contributed by atoms with van der Waals surface area (Å²) in [5.41, 5.74) is 0. The quantitative estimate of drug-likeness (QED) is 0.0196. The lowest BCUT2D eigenvalue weighted by Gasteiger charge is -2.40. The second-order valence-corrected chi connectivity index (χ2v) is 19.3. The predicted molar refractivity (Wildman–Crippen MR) is 283 cm³/mol. The highest BCUT2D eigenvalue weighted by atomic mass is 16.7. The molecule has 0 aromatic heterocycles. The Balaban J connectivity index is 2.10. The van der Waals surface area contributed by atoms with E-state index in [1.165, 1.54) is 109 Å². The zero-order valence-electron chi connectivity index (χ0n) is 43.8. The lowest BCUT2D eigenvalue weighted by Crippen LogP contribution is -2.60. The third-order valence-corrected chi connectivity index (χ3v) is 12.8. The molecule has 400 valence electrons. The third kappa shape index (κ3) is 37.8. The van der Waals surface area contributed by atoms with Gasteiger partial charge in [-0.2, -0.15) is 0 Å². The van der Waals surface area contributed by atoms with Crippen LogP contribution in [0, 0.1) is 0 Å². The summed E-state index contributed by atoms with van der Waals surface area (Å²) in [6, 6.07) is -0.839. The van der Waals surface area contributed by atoms with Crippen LogP contribution in [0.15, 0.2) is 60.8 Å². The van der Waals surface area contributed by atoms with Crippen LogP contribution in [0.4, 0.5) is 0 Å². The van der Waals surface area contributed by atoms with Crippen molar-refractivity contribution in [1.82, 2.24) is 5.32 Å². The van der Waals surface area contributed by atoms with Gasteiger partial charge in [-0.3, -0.25) is 9.59 Å². The Morgan fingerprint density at radius 3 is 1.55 bits per heavy atom. The first kappa shape index (κ1) is 64.4. The van der Waals surface area contributed by atoms with Crippen molar-refractivity contribution in [3.05, 3.63) is 60.8 Å². The molecule has 11 nitrogen and oxygen atoms in total. The van der Waals surface area contributed by atoms with E-state index in [0.717, 1.165) is 96.3 Å². The van der Waals surface area contributed by atoms with Gasteiger partial charge in [0.25, 0.3) is 0 Å². The van der Waals surface area contributed by atoms with Crippen molar-refractivity contribution in [2.75, 3.05) is 19.8 Å². The average Bonchev–Trinajstić information content (AvgIpc) is 3.34. The van der Waals surface area contributed by atoms with E-state index in [9.17, 15) is 35.1 Å². The first-order valence-electron chi connectivity index (χ1n) is 28.1. The molecule has 11 heteroatoms. The van der Waals surface area contributed by atoms with Crippen LogP contribution in [0.5, 0.6) is 0 Å². The number of hydrogen-bond donors (Lipinski definition) is 6. The lowest BCUT2D eigenvalue weighted by molar-refractivity contribution is -0.302. The van der Waals surface area contributed by atoms with Crippen molar-refractivity contribution in [1.29, 1.82) is 0 Å². The molecule has 0 bridgehead atoms. The lowest BCUT2D eigenvalue weighted by atomic mass is 9.99. The molecular weight excluding hydrogens is 871 g/mol. The van der Waals surface area contributed by atoms with E-state index in [0.29, 0.717) is 19.4 Å². The highest BCUT2D eigenvalue weighted by molar-refractivity contribution is 5.76. The summed E-state index contributed by atoms with van der Waals surface area (Å²) in [6.45, 7) is 4.19. The molecule has 7 atom stereocenters. The standard InChI is InChI=1S/C58H103NO10/c1-3-5-7-9-11-13-14-15-19-23-26-30-34-38-42-46-54(63)67-47-43-39-35-31-27-24-21-18-16-17-20-22-25-29-33-37-41-45-53(62)59-50(51(61)44-40-36-32-28-12-10-8-6-4-2)49-68-58-57(66)56(65)55(64)52(48-60)69-58/h12,15-16,18-19,24,27-28,40,44,50-52,55-58,60-61,64-66H,3-11,13-14,17,20-23,25-26,29-39,41-43,45-49H2,1-2H3,(H,59,62)/b18-16-,19-15-,27-24-,28-12+,44-40+. The van der Waals surface area contributed by atoms with Gasteiger partial charge < -0.3 is 45.1 Å². The molecule has 0 spiro atoms. The molecule has 1 aliphatic heterocycles. The molecule has 1 rings (SSSR count). The summed E-state index contributed by atoms with van der Waals surface area (Å²) < 4.78 is 16.6. The normalized spacial score (nSPS) is 19.8. The summed E-state index contributed by atoms with van der Waals surface area (Å²) in [5, 5.41) is 54.1. The third-order valence-electron chi connectivity index (χ3n) is 12.8. The van der Waals surface area contributed by atoms with Gasteiger partial charge >= 0.3 is 5.97 Å². The number of aliphatic hydroxyl groups is 5. The average molecular weight is 974 g/mol. The first-order valence-corrected chi connectivity index (χ1v) is 28.1. The van der Waals surface area contributed by atoms with Crippen LogP contribution in [0.3, 0.4) is 0 Å². The molecule has 0 aromatic carbocycles. The zero-order valence-corrected chi connectivity index (χ0v) is 43.8. The number of carbonyl (C=O) groups is 2. The van der Waals surface area contributed by atoms with E-state index in [2.05, 4.69) is 67.8 Å². The van der Waals surface area contributed by atoms with Gasteiger partial charge in [-0.25, -0.2) is 0 Å². The summed E-state index contributed by atoms with van der Waals surface area (Å²) in [4.78, 5) is 25.0. The van der Waals surface area contributed by atoms with Gasteiger partial charge in [0.1, 0.15) is 24.4 Å². The van der Waals surface area contributed by atoms with Gasteiger partial charge in [-0.1, -0.05) is 171 Å². The second kappa shape index (κ2) is 47.7. The van der Waals surface area contributed by atoms with Gasteiger partial charge in [-0.05, 0) is 109 Å². The Morgan fingerprint density at radius 2 is 0.986 bits per heavy atom. The number of esters is 1. The molecule has 0 aliphatic carbocycles. The molecule has 1 amide bonds. The maximum atomic E-state index is 13.0. The molecule has 0 aromatic rings. The molecule has 0 saturated carbocycles. The minimum absolute atomic E-state index is 0.0422. The minimum atomic E-state index is -1.58. The molecule has 0 radical (unpaired) electrons. The summed E-state index contributed by atoms with van der Waals surface area (Å²) in [5.74, 6) is -0.255. The molecular formula is C58H103NO10. The molecule has 1 fully saturated rings. The molecule has 7 unspecified atom stereocenters. The van der Waals surface area contributed by atoms with Crippen LogP contribution in [0.25, 0.3) is 0 Å². The van der Waals surface area contributed by atoms with Gasteiger partial charge in [0, 0.05) is 12.8 Å². The van der Waals surface area contributed by atoms with E-state index in [1.807, 2.05) is 6.08 Å². The predicted octanol–water partition coefficient (Wildman–Crippen LogP) is 12.3. The SMILES string of the molecule is CCCCC/C=C/CC/C=C/C(O)C(COC1OC(CO)C(O)C(O)C1O)NC(=O)CCCCCCCCC/C=C\C/C=C\CCCCCOC(=O)CCCCCCC/C=C\CCCCCCCC. The first-order chi connectivity index (χ1) is 33.7. The van der Waals surface area contributed by atoms with Gasteiger partial charge in [0.2, 0.25) is 5.91 Å². The van der Waals surface area contributed by atoms with Crippen molar-refractivity contribution in [3.63, 3.8) is 0 Å². The maximum absolute atomic E-state index is 13.0. The Labute approximate surface area is 420 Å². The largest absolute Gasteiger partial charge is 0.466 e. The van der Waals surface area contributed by atoms with Gasteiger partial charge in [0.05, 0.1) is 32.0 Å². The van der Waals surface area contributed by atoms with Crippen molar-refractivity contribution in [2.45, 2.75) is 275 Å². The van der Waals surface area contributed by atoms with Crippen molar-refractivity contribution in [2.24, 2.45) is 0 Å². The Hall–Kier alpha value is -2.64. The Bertz CT molecular complexity index is 1330. The number of carbonyl (C=O) groups excluding carboxylic acids is 2. The second-order valence-electron chi connectivity index (χ2n) is 19.3. The molecule has 6 N–H and O–H groups in total. The molecule has 69 heavy (non-hydrogen) atoms. The molecule has 1 saturated heterocycles. The van der Waals surface area contributed by atoms with Gasteiger partial charge in [-0.15, -0.1) is 0 Å². The number of rotatable bonds is 47. The number of unbranched alkanes of at least 4 members (excludes halogenated alkanes) is 25. The Kier molecular flexibility index (Phi) is 44.5. The zero-order chi connectivity index (χ0) is 50.3. The van der Waals surface area contributed by atoms with Crippen molar-refractivity contribution < 1.29 is 49.3 Å². The van der Waals surface area contributed by atoms with E-state index in [4.69, 9.17) is 14.2 Å². The number of nitrogens with one attached hydrogen (secondary N) is 1. The van der Waals surface area contributed by atoms with E-state index in [-0.39, 0.29) is 18.5 Å². The fourth-order valence-electron chi connectivity index (χ4n) is 8.30. The van der Waals surface area contributed by atoms with Crippen LogP contribution in [0.1, 0.15) is 232 Å². The molecule has 1 heterocycles. The smallest absolute Gasteiger partial charge is 0.305 e. The minimum Gasteiger partial charge on any atom is -0.466 e. The number of amides is 1. The van der Waals surface area contributed by atoms with E-state index >= 15 is 0 Å². The van der Waals surface area contributed by atoms with Crippen LogP contribution in [-0.2, 0) is 23.8 Å². The van der Waals surface area contributed by atoms with Crippen LogP contribution < -0.4 is 5.32 Å². The van der Waals surface area contributed by atoms with Crippen LogP contribution >= 0.6 is 0 Å². The number of allylic oxidation sites excluding steroid dienone is 9. The summed E-state index contributed by atoms with van der Waals surface area (Å²) in [7, 11) is 0. The fraction of sp³-hybridized carbons (Fsp3) is 0.793. The monoisotopic (exact) mass is 974 g/mol. The fourth-order valence-corrected chi connectivity index (χ4v) is 8.30. The van der Waals surface area contributed by atoms with Crippen LogP contribution in [0.2, 0.25) is 0 Å². The maximum Gasteiger partial charge on any atom is 0.305 e. The van der Waals surface area contributed by atoms with Gasteiger partial charge in [0.15, 0.2) is 6.29 Å². The Morgan fingerprint density at radius 1 is 0.536 bits per heavy atom. The van der Waals surface area contributed by atoms with Crippen molar-refractivity contribution in [3.8, 4) is 0 Å². The van der Waals surface area contributed by atoms with E-state index < -0.39 is 49.5 Å². The number of hydrogen-bond acceptors (Lipinski definition) is 10. The number of ether oxygens (including phenoxy) is 3. The highest BCUT2D eigenvalue weighted by Crippen LogP contribution is 2.23. The van der Waals surface area contributed by atoms with Crippen LogP contribution in [-0.4, -0.2) is 100 Å². The van der Waals surface area contributed by atoms with E-state index in [1.54, 1.807) is 6.08 Å². The van der Waals surface area contributed by atoms with Crippen molar-refractivity contribution >= 4 is 11.9 Å². The molecule has 1 aliphatic rings. The highest BCUT2D eigenvalue weighted by Gasteiger charge is 2.44. The number of aliphatic hydroxyl groups excluding tert-OH is 5. The topological polar surface area (TPSA) is 175 Å². The summed E-state index contributed by atoms with van der Waals surface area (Å²) in [6.07, 6.45) is 50.4. The summed E-state index contributed by atoms with van der Waals surface area (Å²) >= 11 is 0.